The van der Waals surface area contributed by atoms with Crippen molar-refractivity contribution in [3.05, 3.63) is 58.1 Å². The zero-order valence-electron chi connectivity index (χ0n) is 11.8. The van der Waals surface area contributed by atoms with Gasteiger partial charge in [0.2, 0.25) is 0 Å². The summed E-state index contributed by atoms with van der Waals surface area (Å²) < 4.78 is 7.21. The van der Waals surface area contributed by atoms with E-state index >= 15 is 0 Å². The fourth-order valence-corrected chi connectivity index (χ4v) is 4.00. The first-order valence-electron chi connectivity index (χ1n) is 7.60. The summed E-state index contributed by atoms with van der Waals surface area (Å²) in [6, 6.07) is 15.0. The summed E-state index contributed by atoms with van der Waals surface area (Å²) in [5, 5.41) is 3.47. The number of para-hydroxylation sites is 1. The second kappa shape index (κ2) is 5.47. The highest BCUT2D eigenvalue weighted by Gasteiger charge is 2.33. The first-order valence-corrected chi connectivity index (χ1v) is 8.39. The van der Waals surface area contributed by atoms with Crippen LogP contribution in [-0.2, 0) is 0 Å². The average Bonchev–Trinajstić information content (AvgIpc) is 2.53. The Morgan fingerprint density at radius 2 is 1.71 bits per heavy atom. The zero-order chi connectivity index (χ0) is 14.2. The normalized spacial score (nSPS) is 21.3. The van der Waals surface area contributed by atoms with Crippen LogP contribution in [0.2, 0.25) is 0 Å². The summed E-state index contributed by atoms with van der Waals surface area (Å²) in [4.78, 5) is 0. The summed E-state index contributed by atoms with van der Waals surface area (Å²) >= 11 is 3.56. The van der Waals surface area contributed by atoms with Crippen LogP contribution in [0.5, 0.6) is 11.5 Å². The summed E-state index contributed by atoms with van der Waals surface area (Å²) in [5.74, 6) is 3.18. The average molecular weight is 344 g/mol. The van der Waals surface area contributed by atoms with Crippen molar-refractivity contribution in [1.29, 1.82) is 0 Å². The van der Waals surface area contributed by atoms with Crippen molar-refractivity contribution in [2.45, 2.75) is 18.8 Å². The number of piperidine rings is 1. The first kappa shape index (κ1) is 13.4. The molecule has 4 rings (SSSR count). The van der Waals surface area contributed by atoms with E-state index in [0.29, 0.717) is 11.8 Å². The van der Waals surface area contributed by atoms with Crippen LogP contribution >= 0.6 is 15.9 Å². The first-order chi connectivity index (χ1) is 10.3. The summed E-state index contributed by atoms with van der Waals surface area (Å²) in [6.07, 6.45) is 2.46. The van der Waals surface area contributed by atoms with Crippen molar-refractivity contribution in [3.8, 4) is 11.5 Å². The van der Waals surface area contributed by atoms with Crippen LogP contribution in [0.4, 0.5) is 0 Å². The number of fused-ring (bicyclic) bond motifs is 2. The van der Waals surface area contributed by atoms with Crippen LogP contribution in [-0.4, -0.2) is 13.1 Å². The Bertz CT molecular complexity index is 664. The van der Waals surface area contributed by atoms with E-state index in [1.54, 1.807) is 0 Å². The molecule has 1 N–H and O–H groups in total. The molecule has 1 fully saturated rings. The number of hydrogen-bond donors (Lipinski definition) is 1. The number of nitrogens with one attached hydrogen (secondary N) is 1. The molecule has 1 unspecified atom stereocenters. The maximum Gasteiger partial charge on any atom is 0.132 e. The molecule has 2 aromatic carbocycles. The molecular formula is C18H18BrNO. The zero-order valence-corrected chi connectivity index (χ0v) is 13.4. The molecule has 0 spiro atoms. The van der Waals surface area contributed by atoms with E-state index in [2.05, 4.69) is 63.7 Å². The van der Waals surface area contributed by atoms with E-state index in [1.807, 2.05) is 0 Å². The van der Waals surface area contributed by atoms with E-state index in [0.717, 1.165) is 29.1 Å². The Morgan fingerprint density at radius 1 is 0.952 bits per heavy atom. The van der Waals surface area contributed by atoms with Gasteiger partial charge in [-0.25, -0.2) is 0 Å². The minimum Gasteiger partial charge on any atom is -0.457 e. The van der Waals surface area contributed by atoms with Gasteiger partial charge in [-0.3, -0.25) is 0 Å². The fourth-order valence-electron chi connectivity index (χ4n) is 3.66. The maximum atomic E-state index is 6.13. The van der Waals surface area contributed by atoms with E-state index < -0.39 is 0 Å². The Labute approximate surface area is 133 Å². The highest BCUT2D eigenvalue weighted by Crippen LogP contribution is 2.49. The molecule has 21 heavy (non-hydrogen) atoms. The highest BCUT2D eigenvalue weighted by atomic mass is 79.9. The Balaban J connectivity index is 1.84. The minimum atomic E-state index is 0.458. The van der Waals surface area contributed by atoms with Crippen molar-refractivity contribution in [1.82, 2.24) is 5.32 Å². The van der Waals surface area contributed by atoms with Gasteiger partial charge in [0, 0.05) is 21.5 Å². The largest absolute Gasteiger partial charge is 0.457 e. The molecule has 0 saturated carbocycles. The van der Waals surface area contributed by atoms with Gasteiger partial charge in [0.15, 0.2) is 0 Å². The van der Waals surface area contributed by atoms with Gasteiger partial charge in [-0.05, 0) is 50.0 Å². The molecule has 0 aliphatic carbocycles. The molecule has 2 aliphatic heterocycles. The predicted octanol–water partition coefficient (Wildman–Crippen LogP) is 4.69. The third kappa shape index (κ3) is 2.39. The third-order valence-electron chi connectivity index (χ3n) is 4.64. The lowest BCUT2D eigenvalue weighted by Crippen LogP contribution is -2.32. The topological polar surface area (TPSA) is 21.3 Å². The van der Waals surface area contributed by atoms with E-state index in [1.165, 1.54) is 24.0 Å². The van der Waals surface area contributed by atoms with Gasteiger partial charge in [-0.15, -0.1) is 0 Å². The second-order valence-corrected chi connectivity index (χ2v) is 6.80. The standard InChI is InChI=1S/C18H18BrNO/c19-13-5-6-15-17(11-13)21-16-4-2-1-3-14(16)18(15)12-7-9-20-10-8-12/h1-6,11-12,18,20H,7-10H2. The van der Waals surface area contributed by atoms with Crippen LogP contribution < -0.4 is 10.1 Å². The molecule has 1 saturated heterocycles. The lowest BCUT2D eigenvalue weighted by molar-refractivity contribution is 0.321. The Morgan fingerprint density at radius 3 is 2.57 bits per heavy atom. The number of rotatable bonds is 1. The Kier molecular flexibility index (Phi) is 3.48. The number of benzene rings is 2. The summed E-state index contributed by atoms with van der Waals surface area (Å²) in [6.45, 7) is 2.24. The fraction of sp³-hybridized carbons (Fsp3) is 0.333. The van der Waals surface area contributed by atoms with Crippen LogP contribution in [0.25, 0.3) is 0 Å². The molecule has 0 radical (unpaired) electrons. The minimum absolute atomic E-state index is 0.458. The van der Waals surface area contributed by atoms with Gasteiger partial charge in [0.1, 0.15) is 11.5 Å². The molecule has 1 atom stereocenters. The monoisotopic (exact) mass is 343 g/mol. The summed E-state index contributed by atoms with van der Waals surface area (Å²) in [7, 11) is 0. The summed E-state index contributed by atoms with van der Waals surface area (Å²) in [5.41, 5.74) is 2.68. The van der Waals surface area contributed by atoms with Crippen LogP contribution in [0.3, 0.4) is 0 Å². The van der Waals surface area contributed by atoms with Crippen molar-refractivity contribution >= 4 is 15.9 Å². The molecule has 3 heteroatoms. The molecule has 0 amide bonds. The van der Waals surface area contributed by atoms with Crippen molar-refractivity contribution in [3.63, 3.8) is 0 Å². The van der Waals surface area contributed by atoms with Gasteiger partial charge in [0.05, 0.1) is 0 Å². The van der Waals surface area contributed by atoms with E-state index in [9.17, 15) is 0 Å². The smallest absolute Gasteiger partial charge is 0.132 e. The lowest BCUT2D eigenvalue weighted by Gasteiger charge is -2.36. The van der Waals surface area contributed by atoms with Crippen LogP contribution in [0.15, 0.2) is 46.9 Å². The van der Waals surface area contributed by atoms with Crippen LogP contribution in [0, 0.1) is 5.92 Å². The van der Waals surface area contributed by atoms with Gasteiger partial charge in [-0.1, -0.05) is 40.2 Å². The third-order valence-corrected chi connectivity index (χ3v) is 5.13. The lowest BCUT2D eigenvalue weighted by atomic mass is 9.75. The van der Waals surface area contributed by atoms with Crippen molar-refractivity contribution in [2.75, 3.05) is 13.1 Å². The van der Waals surface area contributed by atoms with Gasteiger partial charge in [-0.2, -0.15) is 0 Å². The van der Waals surface area contributed by atoms with Gasteiger partial charge >= 0.3 is 0 Å². The van der Waals surface area contributed by atoms with E-state index in [4.69, 9.17) is 4.74 Å². The molecule has 2 aliphatic rings. The molecular weight excluding hydrogens is 326 g/mol. The quantitative estimate of drug-likeness (QED) is 0.811. The molecule has 2 heterocycles. The van der Waals surface area contributed by atoms with Crippen molar-refractivity contribution in [2.24, 2.45) is 5.92 Å². The Hall–Kier alpha value is -1.32. The molecule has 2 aromatic rings. The van der Waals surface area contributed by atoms with Gasteiger partial charge in [0.25, 0.3) is 0 Å². The highest BCUT2D eigenvalue weighted by molar-refractivity contribution is 9.10. The molecule has 0 bridgehead atoms. The maximum absolute atomic E-state index is 6.13. The van der Waals surface area contributed by atoms with Crippen LogP contribution in [0.1, 0.15) is 29.9 Å². The van der Waals surface area contributed by atoms with Gasteiger partial charge < -0.3 is 10.1 Å². The molecule has 0 aromatic heterocycles. The second-order valence-electron chi connectivity index (χ2n) is 5.89. The molecule has 2 nitrogen and oxygen atoms in total. The molecule has 108 valence electrons. The number of halogens is 1. The van der Waals surface area contributed by atoms with Crippen molar-refractivity contribution < 1.29 is 4.74 Å². The number of hydrogen-bond acceptors (Lipinski definition) is 2. The predicted molar refractivity (Wildman–Crippen MR) is 88.1 cm³/mol. The number of ether oxygens (including phenoxy) is 1. The SMILES string of the molecule is Brc1ccc2c(c1)Oc1ccccc1C2C1CCNCC1. The van der Waals surface area contributed by atoms with E-state index in [-0.39, 0.29) is 0 Å².